The molecule has 3 aromatic carbocycles. The normalized spacial score (nSPS) is 10.7. The second-order valence-electron chi connectivity index (χ2n) is 6.27. The van der Waals surface area contributed by atoms with E-state index in [-0.39, 0.29) is 24.7 Å². The van der Waals surface area contributed by atoms with Crippen LogP contribution < -0.4 is 14.8 Å². The van der Waals surface area contributed by atoms with Crippen LogP contribution in [-0.4, -0.2) is 32.1 Å². The number of methoxy groups -OCH3 is 1. The van der Waals surface area contributed by atoms with Crippen molar-refractivity contribution in [2.24, 2.45) is 0 Å². The lowest BCUT2D eigenvalue weighted by Crippen LogP contribution is -2.30. The molecule has 1 N–H and O–H groups in total. The van der Waals surface area contributed by atoms with Gasteiger partial charge in [0.1, 0.15) is 13.2 Å². The number of fused-ring (bicyclic) bond motifs is 1. The van der Waals surface area contributed by atoms with Gasteiger partial charge in [0.15, 0.2) is 11.5 Å². The number of ether oxygens (including phenoxy) is 3. The van der Waals surface area contributed by atoms with E-state index >= 15 is 0 Å². The SMILES string of the molecule is COc1cc(COC(=O)CNC(=O)c2ccc3ccccc3c2)ccc1OC(F)F. The van der Waals surface area contributed by atoms with Gasteiger partial charge in [0.05, 0.1) is 7.11 Å². The Hall–Kier alpha value is -3.68. The van der Waals surface area contributed by atoms with Crippen LogP contribution >= 0.6 is 0 Å². The lowest BCUT2D eigenvalue weighted by molar-refractivity contribution is -0.143. The Kier molecular flexibility index (Phi) is 6.79. The Morgan fingerprint density at radius 1 is 0.967 bits per heavy atom. The number of halogens is 2. The van der Waals surface area contributed by atoms with E-state index in [1.807, 2.05) is 30.3 Å². The van der Waals surface area contributed by atoms with E-state index in [0.717, 1.165) is 10.8 Å². The first-order valence-corrected chi connectivity index (χ1v) is 9.00. The van der Waals surface area contributed by atoms with Crippen LogP contribution in [0.5, 0.6) is 11.5 Å². The molecule has 0 atom stereocenters. The minimum absolute atomic E-state index is 0.0912. The van der Waals surface area contributed by atoms with Gasteiger partial charge in [-0.2, -0.15) is 8.78 Å². The van der Waals surface area contributed by atoms with Gasteiger partial charge in [-0.05, 0) is 40.6 Å². The summed E-state index contributed by atoms with van der Waals surface area (Å²) < 4.78 is 39.2. The Morgan fingerprint density at radius 2 is 1.73 bits per heavy atom. The summed E-state index contributed by atoms with van der Waals surface area (Å²) in [6.45, 7) is -3.40. The molecule has 0 fully saturated rings. The number of nitrogens with one attached hydrogen (secondary N) is 1. The molecule has 0 aliphatic rings. The number of esters is 1. The smallest absolute Gasteiger partial charge is 0.387 e. The third kappa shape index (κ3) is 5.44. The zero-order valence-corrected chi connectivity index (χ0v) is 16.1. The zero-order chi connectivity index (χ0) is 21.5. The lowest BCUT2D eigenvalue weighted by Gasteiger charge is -2.12. The average molecular weight is 415 g/mol. The molecule has 0 bridgehead atoms. The van der Waals surface area contributed by atoms with Crippen molar-refractivity contribution in [1.82, 2.24) is 5.32 Å². The summed E-state index contributed by atoms with van der Waals surface area (Å²) >= 11 is 0. The molecule has 3 rings (SSSR count). The van der Waals surface area contributed by atoms with Crippen molar-refractivity contribution in [3.8, 4) is 11.5 Å². The van der Waals surface area contributed by atoms with E-state index in [2.05, 4.69) is 10.1 Å². The van der Waals surface area contributed by atoms with Gasteiger partial charge in [-0.15, -0.1) is 0 Å². The second kappa shape index (κ2) is 9.69. The predicted molar refractivity (Wildman–Crippen MR) is 106 cm³/mol. The molecular formula is C22H19F2NO5. The van der Waals surface area contributed by atoms with E-state index in [1.165, 1.54) is 25.3 Å². The number of hydrogen-bond donors (Lipinski definition) is 1. The molecule has 6 nitrogen and oxygen atoms in total. The average Bonchev–Trinajstić information content (AvgIpc) is 2.76. The third-order valence-corrected chi connectivity index (χ3v) is 4.25. The minimum Gasteiger partial charge on any atom is -0.493 e. The summed E-state index contributed by atoms with van der Waals surface area (Å²) in [5, 5.41) is 4.44. The van der Waals surface area contributed by atoms with Crippen LogP contribution in [0.3, 0.4) is 0 Å². The van der Waals surface area contributed by atoms with E-state index in [4.69, 9.17) is 9.47 Å². The number of benzene rings is 3. The number of alkyl halides is 2. The summed E-state index contributed by atoms with van der Waals surface area (Å²) in [4.78, 5) is 24.2. The summed E-state index contributed by atoms with van der Waals surface area (Å²) in [6.07, 6.45) is 0. The van der Waals surface area contributed by atoms with Crippen molar-refractivity contribution in [2.45, 2.75) is 13.2 Å². The maximum atomic E-state index is 12.4. The molecule has 0 heterocycles. The second-order valence-corrected chi connectivity index (χ2v) is 6.27. The van der Waals surface area contributed by atoms with E-state index in [0.29, 0.717) is 11.1 Å². The Labute approximate surface area is 171 Å². The number of carbonyl (C=O) groups is 2. The molecule has 0 unspecified atom stereocenters. The van der Waals surface area contributed by atoms with E-state index < -0.39 is 18.5 Å². The lowest BCUT2D eigenvalue weighted by atomic mass is 10.1. The quantitative estimate of drug-likeness (QED) is 0.565. The summed E-state index contributed by atoms with van der Waals surface area (Å²) in [5.41, 5.74) is 0.948. The van der Waals surface area contributed by atoms with Gasteiger partial charge in [0.2, 0.25) is 0 Å². The van der Waals surface area contributed by atoms with Gasteiger partial charge in [-0.3, -0.25) is 9.59 Å². The van der Waals surface area contributed by atoms with Crippen molar-refractivity contribution in [3.05, 3.63) is 71.8 Å². The fourth-order valence-electron chi connectivity index (χ4n) is 2.80. The number of rotatable bonds is 8. The highest BCUT2D eigenvalue weighted by Gasteiger charge is 2.13. The molecule has 0 spiro atoms. The molecule has 0 aromatic heterocycles. The van der Waals surface area contributed by atoms with Gasteiger partial charge < -0.3 is 19.5 Å². The van der Waals surface area contributed by atoms with Crippen molar-refractivity contribution >= 4 is 22.6 Å². The highest BCUT2D eigenvalue weighted by atomic mass is 19.3. The number of hydrogen-bond acceptors (Lipinski definition) is 5. The predicted octanol–water partition coefficient (Wildman–Crippen LogP) is 3.92. The molecule has 0 saturated carbocycles. The van der Waals surface area contributed by atoms with Gasteiger partial charge >= 0.3 is 12.6 Å². The maximum absolute atomic E-state index is 12.4. The Bertz CT molecular complexity index is 1050. The molecule has 0 saturated heterocycles. The fourth-order valence-corrected chi connectivity index (χ4v) is 2.80. The van der Waals surface area contributed by atoms with Gasteiger partial charge in [-0.1, -0.05) is 36.4 Å². The van der Waals surface area contributed by atoms with E-state index in [1.54, 1.807) is 12.1 Å². The van der Waals surface area contributed by atoms with Gasteiger partial charge in [0, 0.05) is 5.56 Å². The first-order chi connectivity index (χ1) is 14.5. The van der Waals surface area contributed by atoms with Crippen molar-refractivity contribution < 1.29 is 32.6 Å². The first kappa shape index (κ1) is 21.0. The molecule has 3 aromatic rings. The highest BCUT2D eigenvalue weighted by Crippen LogP contribution is 2.29. The van der Waals surface area contributed by atoms with Gasteiger partial charge in [-0.25, -0.2) is 0 Å². The van der Waals surface area contributed by atoms with Crippen molar-refractivity contribution in [1.29, 1.82) is 0 Å². The van der Waals surface area contributed by atoms with Crippen LogP contribution in [0.1, 0.15) is 15.9 Å². The molecule has 0 aliphatic heterocycles. The molecule has 0 aliphatic carbocycles. The third-order valence-electron chi connectivity index (χ3n) is 4.25. The maximum Gasteiger partial charge on any atom is 0.387 e. The molecular weight excluding hydrogens is 396 g/mol. The van der Waals surface area contributed by atoms with Crippen molar-refractivity contribution in [3.63, 3.8) is 0 Å². The summed E-state index contributed by atoms with van der Waals surface area (Å²) in [7, 11) is 1.31. The van der Waals surface area contributed by atoms with Crippen LogP contribution in [0.15, 0.2) is 60.7 Å². The number of carbonyl (C=O) groups excluding carboxylic acids is 2. The van der Waals surface area contributed by atoms with Crippen LogP contribution in [0.2, 0.25) is 0 Å². The number of amides is 1. The van der Waals surface area contributed by atoms with E-state index in [9.17, 15) is 18.4 Å². The van der Waals surface area contributed by atoms with Gasteiger partial charge in [0.25, 0.3) is 5.91 Å². The minimum atomic E-state index is -2.98. The molecule has 0 radical (unpaired) electrons. The van der Waals surface area contributed by atoms with Crippen LogP contribution in [-0.2, 0) is 16.1 Å². The molecule has 30 heavy (non-hydrogen) atoms. The summed E-state index contributed by atoms with van der Waals surface area (Å²) in [5.74, 6) is -1.07. The standard InChI is InChI=1S/C22H19F2NO5/c1-28-19-10-14(6-9-18(19)30-22(23)24)13-29-20(26)12-25-21(27)17-8-7-15-4-2-3-5-16(15)11-17/h2-11,22H,12-13H2,1H3,(H,25,27). The molecule has 1 amide bonds. The molecule has 8 heteroatoms. The van der Waals surface area contributed by atoms with Crippen molar-refractivity contribution in [2.75, 3.05) is 13.7 Å². The topological polar surface area (TPSA) is 73.9 Å². The zero-order valence-electron chi connectivity index (χ0n) is 16.1. The van der Waals surface area contributed by atoms with Crippen LogP contribution in [0.25, 0.3) is 10.8 Å². The fraction of sp³-hybridized carbons (Fsp3) is 0.182. The molecule has 156 valence electrons. The Morgan fingerprint density at radius 3 is 2.47 bits per heavy atom. The van der Waals surface area contributed by atoms with Crippen LogP contribution in [0.4, 0.5) is 8.78 Å². The summed E-state index contributed by atoms with van der Waals surface area (Å²) in [6, 6.07) is 17.1. The Balaban J connectivity index is 1.52. The van der Waals surface area contributed by atoms with Crippen LogP contribution in [0, 0.1) is 0 Å². The largest absolute Gasteiger partial charge is 0.493 e. The highest BCUT2D eigenvalue weighted by molar-refractivity contribution is 5.99. The first-order valence-electron chi connectivity index (χ1n) is 9.00. The monoisotopic (exact) mass is 415 g/mol.